The molecule has 0 spiro atoms. The van der Waals surface area contributed by atoms with Gasteiger partial charge in [0.1, 0.15) is 0 Å². The Morgan fingerprint density at radius 1 is 1.09 bits per heavy atom. The molecular formula is C15H13BrN2O4. The lowest BCUT2D eigenvalue weighted by Crippen LogP contribution is -2.19. The zero-order valence-corrected chi connectivity index (χ0v) is 13.1. The van der Waals surface area contributed by atoms with Crippen LogP contribution in [0.4, 0.5) is 0 Å². The van der Waals surface area contributed by atoms with Gasteiger partial charge < -0.3 is 15.3 Å². The van der Waals surface area contributed by atoms with Crippen molar-refractivity contribution in [2.24, 2.45) is 5.10 Å². The van der Waals surface area contributed by atoms with E-state index in [1.54, 1.807) is 6.92 Å². The van der Waals surface area contributed by atoms with Crippen LogP contribution in [0.3, 0.4) is 0 Å². The average Bonchev–Trinajstić information content (AvgIpc) is 2.49. The van der Waals surface area contributed by atoms with E-state index < -0.39 is 23.2 Å². The van der Waals surface area contributed by atoms with E-state index in [2.05, 4.69) is 26.5 Å². The maximum Gasteiger partial charge on any atom is 0.271 e. The van der Waals surface area contributed by atoms with E-state index in [1.807, 2.05) is 24.3 Å². The van der Waals surface area contributed by atoms with Crippen molar-refractivity contribution < 1.29 is 20.1 Å². The summed E-state index contributed by atoms with van der Waals surface area (Å²) in [4.78, 5) is 11.9. The second-order valence-electron chi connectivity index (χ2n) is 4.51. The number of phenols is 3. The van der Waals surface area contributed by atoms with Crippen LogP contribution in [-0.2, 0) is 0 Å². The van der Waals surface area contributed by atoms with Gasteiger partial charge in [0.05, 0.1) is 5.71 Å². The molecule has 0 atom stereocenters. The zero-order chi connectivity index (χ0) is 16.3. The minimum atomic E-state index is -0.676. The van der Waals surface area contributed by atoms with Crippen LogP contribution < -0.4 is 5.43 Å². The van der Waals surface area contributed by atoms with E-state index >= 15 is 0 Å². The number of carbonyl (C=O) groups excluding carboxylic acids is 1. The van der Waals surface area contributed by atoms with E-state index in [9.17, 15) is 20.1 Å². The lowest BCUT2D eigenvalue weighted by Gasteiger charge is -2.06. The molecule has 0 fully saturated rings. The first-order valence-electron chi connectivity index (χ1n) is 6.24. The number of hydrazone groups is 1. The third-order valence-electron chi connectivity index (χ3n) is 2.90. The van der Waals surface area contributed by atoms with Crippen LogP contribution in [0.25, 0.3) is 0 Å². The zero-order valence-electron chi connectivity index (χ0n) is 11.5. The summed E-state index contributed by atoms with van der Waals surface area (Å²) in [5.74, 6) is -2.47. The number of nitrogens with zero attached hydrogens (tertiary/aromatic N) is 1. The van der Waals surface area contributed by atoms with Crippen LogP contribution in [0.15, 0.2) is 46.0 Å². The Morgan fingerprint density at radius 2 is 1.73 bits per heavy atom. The van der Waals surface area contributed by atoms with Gasteiger partial charge in [-0.3, -0.25) is 4.79 Å². The van der Waals surface area contributed by atoms with Crippen molar-refractivity contribution in [3.8, 4) is 17.2 Å². The van der Waals surface area contributed by atoms with Crippen molar-refractivity contribution in [2.75, 3.05) is 0 Å². The van der Waals surface area contributed by atoms with Gasteiger partial charge in [-0.1, -0.05) is 28.1 Å². The van der Waals surface area contributed by atoms with Crippen molar-refractivity contribution in [3.63, 3.8) is 0 Å². The molecule has 114 valence electrons. The predicted octanol–water partition coefficient (Wildman–Crippen LogP) is 2.72. The SMILES string of the molecule is C/C(=N/NC(=O)c1cc(O)c(O)c(O)c1)c1cccc(Br)c1. The summed E-state index contributed by atoms with van der Waals surface area (Å²) >= 11 is 3.35. The minimum absolute atomic E-state index is 0.0291. The number of rotatable bonds is 3. The molecule has 2 rings (SSSR count). The van der Waals surface area contributed by atoms with Gasteiger partial charge in [0, 0.05) is 10.0 Å². The number of phenolic OH excluding ortho intramolecular Hbond substituents is 3. The van der Waals surface area contributed by atoms with E-state index in [1.165, 1.54) is 0 Å². The van der Waals surface area contributed by atoms with Gasteiger partial charge >= 0.3 is 0 Å². The molecule has 0 saturated carbocycles. The van der Waals surface area contributed by atoms with Crippen LogP contribution >= 0.6 is 15.9 Å². The molecule has 0 bridgehead atoms. The third kappa shape index (κ3) is 3.56. The summed E-state index contributed by atoms with van der Waals surface area (Å²) in [6.45, 7) is 1.73. The molecule has 0 heterocycles. The molecule has 4 N–H and O–H groups in total. The first-order chi connectivity index (χ1) is 10.4. The second kappa shape index (κ2) is 6.48. The molecule has 0 aliphatic heterocycles. The van der Waals surface area contributed by atoms with Crippen molar-refractivity contribution in [2.45, 2.75) is 6.92 Å². The topological polar surface area (TPSA) is 102 Å². The molecule has 0 unspecified atom stereocenters. The third-order valence-corrected chi connectivity index (χ3v) is 3.39. The van der Waals surface area contributed by atoms with E-state index in [0.717, 1.165) is 22.2 Å². The summed E-state index contributed by atoms with van der Waals surface area (Å²) in [6.07, 6.45) is 0. The fraction of sp³-hybridized carbons (Fsp3) is 0.0667. The molecule has 0 aliphatic rings. The number of nitrogens with one attached hydrogen (secondary N) is 1. The largest absolute Gasteiger partial charge is 0.504 e. The molecule has 2 aromatic rings. The highest BCUT2D eigenvalue weighted by Crippen LogP contribution is 2.35. The molecule has 7 heteroatoms. The van der Waals surface area contributed by atoms with Crippen molar-refractivity contribution in [1.82, 2.24) is 5.43 Å². The van der Waals surface area contributed by atoms with Crippen molar-refractivity contribution in [1.29, 1.82) is 0 Å². The summed E-state index contributed by atoms with van der Waals surface area (Å²) in [5.41, 5.74) is 3.70. The molecule has 22 heavy (non-hydrogen) atoms. The lowest BCUT2D eigenvalue weighted by atomic mass is 10.1. The van der Waals surface area contributed by atoms with Crippen LogP contribution in [0, 0.1) is 0 Å². The summed E-state index contributed by atoms with van der Waals surface area (Å²) in [5, 5.41) is 32.0. The Labute approximate surface area is 134 Å². The fourth-order valence-electron chi connectivity index (χ4n) is 1.71. The van der Waals surface area contributed by atoms with Crippen LogP contribution in [-0.4, -0.2) is 26.9 Å². The first-order valence-corrected chi connectivity index (χ1v) is 7.03. The number of hydrogen-bond donors (Lipinski definition) is 4. The quantitative estimate of drug-likeness (QED) is 0.382. The Kier molecular flexibility index (Phi) is 4.67. The number of carbonyl (C=O) groups is 1. The summed E-state index contributed by atoms with van der Waals surface area (Å²) in [6, 6.07) is 9.48. The Hall–Kier alpha value is -2.54. The predicted molar refractivity (Wildman–Crippen MR) is 85.3 cm³/mol. The minimum Gasteiger partial charge on any atom is -0.504 e. The molecule has 0 aromatic heterocycles. The normalized spacial score (nSPS) is 11.3. The number of halogens is 1. The highest BCUT2D eigenvalue weighted by molar-refractivity contribution is 9.10. The van der Waals surface area contributed by atoms with Gasteiger partial charge in [-0.2, -0.15) is 5.10 Å². The molecule has 1 amide bonds. The van der Waals surface area contributed by atoms with Crippen LogP contribution in [0.2, 0.25) is 0 Å². The molecule has 6 nitrogen and oxygen atoms in total. The number of benzene rings is 2. The Morgan fingerprint density at radius 3 is 2.32 bits per heavy atom. The Bertz CT molecular complexity index is 736. The molecule has 0 aliphatic carbocycles. The van der Waals surface area contributed by atoms with E-state index in [4.69, 9.17) is 0 Å². The van der Waals surface area contributed by atoms with Gasteiger partial charge in [-0.25, -0.2) is 5.43 Å². The number of aromatic hydroxyl groups is 3. The average molecular weight is 365 g/mol. The van der Waals surface area contributed by atoms with Gasteiger partial charge in [0.25, 0.3) is 5.91 Å². The smallest absolute Gasteiger partial charge is 0.271 e. The van der Waals surface area contributed by atoms with Gasteiger partial charge in [-0.05, 0) is 36.8 Å². The standard InChI is InChI=1S/C15H13BrN2O4/c1-8(9-3-2-4-11(16)5-9)17-18-15(22)10-6-12(19)14(21)13(20)7-10/h2-7,19-21H,1H3,(H,18,22)/b17-8-. The molecule has 0 saturated heterocycles. The van der Waals surface area contributed by atoms with Crippen LogP contribution in [0.5, 0.6) is 17.2 Å². The number of amides is 1. The monoisotopic (exact) mass is 364 g/mol. The maximum absolute atomic E-state index is 11.9. The first kappa shape index (κ1) is 15.8. The summed E-state index contributed by atoms with van der Waals surface area (Å²) < 4.78 is 0.888. The van der Waals surface area contributed by atoms with Gasteiger partial charge in [0.15, 0.2) is 17.2 Å². The van der Waals surface area contributed by atoms with Gasteiger partial charge in [0.2, 0.25) is 0 Å². The number of hydrogen-bond acceptors (Lipinski definition) is 5. The van der Waals surface area contributed by atoms with Gasteiger partial charge in [-0.15, -0.1) is 0 Å². The van der Waals surface area contributed by atoms with E-state index in [-0.39, 0.29) is 5.56 Å². The highest BCUT2D eigenvalue weighted by Gasteiger charge is 2.13. The molecule has 2 aromatic carbocycles. The fourth-order valence-corrected chi connectivity index (χ4v) is 2.11. The maximum atomic E-state index is 11.9. The van der Waals surface area contributed by atoms with E-state index in [0.29, 0.717) is 5.71 Å². The van der Waals surface area contributed by atoms with Crippen molar-refractivity contribution in [3.05, 3.63) is 52.0 Å². The van der Waals surface area contributed by atoms with Crippen LogP contribution in [0.1, 0.15) is 22.8 Å². The second-order valence-corrected chi connectivity index (χ2v) is 5.43. The summed E-state index contributed by atoms with van der Waals surface area (Å²) in [7, 11) is 0. The molecule has 0 radical (unpaired) electrons. The van der Waals surface area contributed by atoms with Crippen molar-refractivity contribution >= 4 is 27.5 Å². The molecular weight excluding hydrogens is 352 g/mol. The Balaban J connectivity index is 2.17. The lowest BCUT2D eigenvalue weighted by molar-refractivity contribution is 0.0954. The highest BCUT2D eigenvalue weighted by atomic mass is 79.9.